The number of hydrogen-bond acceptors (Lipinski definition) is 5. The minimum atomic E-state index is -0.688. The van der Waals surface area contributed by atoms with Gasteiger partial charge >= 0.3 is 0 Å². The van der Waals surface area contributed by atoms with Crippen LogP contribution in [-0.4, -0.2) is 25.0 Å². The van der Waals surface area contributed by atoms with E-state index in [2.05, 4.69) is 10.5 Å². The molecule has 29 heavy (non-hydrogen) atoms. The van der Waals surface area contributed by atoms with Crippen LogP contribution in [0.4, 0.5) is 0 Å². The molecule has 3 aromatic rings. The van der Waals surface area contributed by atoms with Crippen molar-refractivity contribution in [3.63, 3.8) is 0 Å². The minimum Gasteiger partial charge on any atom is -0.481 e. The van der Waals surface area contributed by atoms with Gasteiger partial charge < -0.3 is 14.2 Å². The number of fused-ring (bicyclic) bond motifs is 1. The van der Waals surface area contributed by atoms with E-state index in [9.17, 15) is 4.79 Å². The summed E-state index contributed by atoms with van der Waals surface area (Å²) < 4.78 is 16.3. The Hall–Kier alpha value is -3.80. The smallest absolute Gasteiger partial charge is 0.280 e. The van der Waals surface area contributed by atoms with E-state index in [0.717, 1.165) is 16.7 Å². The van der Waals surface area contributed by atoms with Crippen LogP contribution in [0.3, 0.4) is 0 Å². The lowest BCUT2D eigenvalue weighted by atomic mass is 10.1. The van der Waals surface area contributed by atoms with Gasteiger partial charge in [-0.3, -0.25) is 4.79 Å². The molecule has 0 spiro atoms. The number of ether oxygens (including phenoxy) is 3. The molecule has 1 heterocycles. The van der Waals surface area contributed by atoms with Crippen molar-refractivity contribution in [2.45, 2.75) is 13.0 Å². The van der Waals surface area contributed by atoms with Gasteiger partial charge in [0, 0.05) is 0 Å². The summed E-state index contributed by atoms with van der Waals surface area (Å²) in [6, 6.07) is 23.1. The molecule has 1 amide bonds. The molecule has 0 saturated carbocycles. The topological polar surface area (TPSA) is 69.2 Å². The molecule has 0 radical (unpaired) electrons. The zero-order valence-electron chi connectivity index (χ0n) is 15.9. The molecular formula is C23H20N2O4. The molecule has 0 unspecified atom stereocenters. The molecule has 0 bridgehead atoms. The third-order valence-corrected chi connectivity index (χ3v) is 4.43. The van der Waals surface area contributed by atoms with Crippen LogP contribution in [0.1, 0.15) is 12.5 Å². The number of carbonyl (C=O) groups is 1. The third-order valence-electron chi connectivity index (χ3n) is 4.43. The van der Waals surface area contributed by atoms with Gasteiger partial charge in [0.05, 0.1) is 6.21 Å². The highest BCUT2D eigenvalue weighted by atomic mass is 16.7. The first-order valence-electron chi connectivity index (χ1n) is 9.24. The highest BCUT2D eigenvalue weighted by Gasteiger charge is 2.15. The van der Waals surface area contributed by atoms with Crippen LogP contribution in [-0.2, 0) is 4.79 Å². The summed E-state index contributed by atoms with van der Waals surface area (Å²) in [4.78, 5) is 12.2. The van der Waals surface area contributed by atoms with E-state index in [-0.39, 0.29) is 12.7 Å². The molecule has 1 N–H and O–H groups in total. The van der Waals surface area contributed by atoms with Crippen LogP contribution in [0.15, 0.2) is 77.9 Å². The fraction of sp³-hybridized carbons (Fsp3) is 0.130. The Bertz CT molecular complexity index is 1020. The SMILES string of the molecule is C[C@H](Oc1ccc(-c2ccccc2)cc1)C(=O)N/N=C\c1ccc2c(c1)OCO2. The number of carbonyl (C=O) groups excluding carboxylic acids is 1. The molecule has 1 aliphatic heterocycles. The molecule has 0 saturated heterocycles. The Morgan fingerprint density at radius 2 is 1.72 bits per heavy atom. The molecule has 1 atom stereocenters. The summed E-state index contributed by atoms with van der Waals surface area (Å²) in [6.07, 6.45) is 0.854. The van der Waals surface area contributed by atoms with Gasteiger partial charge in [-0.1, -0.05) is 42.5 Å². The van der Waals surface area contributed by atoms with E-state index in [0.29, 0.717) is 17.2 Å². The first-order valence-corrected chi connectivity index (χ1v) is 9.24. The van der Waals surface area contributed by atoms with Gasteiger partial charge in [0.15, 0.2) is 17.6 Å². The lowest BCUT2D eigenvalue weighted by Crippen LogP contribution is -2.33. The zero-order valence-corrected chi connectivity index (χ0v) is 15.9. The van der Waals surface area contributed by atoms with E-state index in [4.69, 9.17) is 14.2 Å². The summed E-state index contributed by atoms with van der Waals surface area (Å²) in [6.45, 7) is 1.89. The molecule has 0 aromatic heterocycles. The van der Waals surface area contributed by atoms with Crippen molar-refractivity contribution >= 4 is 12.1 Å². The maximum absolute atomic E-state index is 12.2. The van der Waals surface area contributed by atoms with E-state index in [1.165, 1.54) is 0 Å². The monoisotopic (exact) mass is 388 g/mol. The van der Waals surface area contributed by atoms with E-state index in [1.54, 1.807) is 25.3 Å². The molecule has 3 aromatic carbocycles. The van der Waals surface area contributed by atoms with Crippen LogP contribution >= 0.6 is 0 Å². The molecule has 6 heteroatoms. The van der Waals surface area contributed by atoms with Crippen LogP contribution in [0.5, 0.6) is 17.2 Å². The fourth-order valence-corrected chi connectivity index (χ4v) is 2.87. The Kier molecular flexibility index (Phi) is 5.42. The minimum absolute atomic E-state index is 0.216. The lowest BCUT2D eigenvalue weighted by molar-refractivity contribution is -0.127. The molecule has 0 fully saturated rings. The molecular weight excluding hydrogens is 368 g/mol. The highest BCUT2D eigenvalue weighted by Crippen LogP contribution is 2.32. The van der Waals surface area contributed by atoms with Crippen molar-refractivity contribution in [3.05, 3.63) is 78.4 Å². The van der Waals surface area contributed by atoms with Gasteiger partial charge in [-0.05, 0) is 53.9 Å². The average molecular weight is 388 g/mol. The van der Waals surface area contributed by atoms with Crippen molar-refractivity contribution in [2.75, 3.05) is 6.79 Å². The molecule has 6 nitrogen and oxygen atoms in total. The van der Waals surface area contributed by atoms with Crippen molar-refractivity contribution in [1.29, 1.82) is 0 Å². The van der Waals surface area contributed by atoms with Gasteiger partial charge in [-0.25, -0.2) is 5.43 Å². The number of benzene rings is 3. The van der Waals surface area contributed by atoms with Gasteiger partial charge in [0.25, 0.3) is 5.91 Å². The summed E-state index contributed by atoms with van der Waals surface area (Å²) in [5, 5.41) is 3.98. The molecule has 4 rings (SSSR count). The van der Waals surface area contributed by atoms with E-state index in [1.807, 2.05) is 60.7 Å². The highest BCUT2D eigenvalue weighted by molar-refractivity contribution is 5.85. The number of nitrogens with zero attached hydrogens (tertiary/aromatic N) is 1. The second kappa shape index (κ2) is 8.48. The number of amides is 1. The fourth-order valence-electron chi connectivity index (χ4n) is 2.87. The zero-order chi connectivity index (χ0) is 20.1. The Balaban J connectivity index is 1.31. The largest absolute Gasteiger partial charge is 0.481 e. The first kappa shape index (κ1) is 18.6. The predicted octanol–water partition coefficient (Wildman–Crippen LogP) is 4.00. The number of nitrogens with one attached hydrogen (secondary N) is 1. The van der Waals surface area contributed by atoms with Gasteiger partial charge in [0.1, 0.15) is 5.75 Å². The van der Waals surface area contributed by atoms with Crippen LogP contribution in [0.25, 0.3) is 11.1 Å². The predicted molar refractivity (Wildman–Crippen MR) is 110 cm³/mol. The molecule has 1 aliphatic rings. The van der Waals surface area contributed by atoms with Gasteiger partial charge in [-0.2, -0.15) is 5.10 Å². The molecule has 146 valence electrons. The Morgan fingerprint density at radius 1 is 1.00 bits per heavy atom. The second-order valence-corrected chi connectivity index (χ2v) is 6.50. The first-order chi connectivity index (χ1) is 14.2. The van der Waals surface area contributed by atoms with Gasteiger partial charge in [0.2, 0.25) is 6.79 Å². The van der Waals surface area contributed by atoms with Crippen molar-refractivity contribution < 1.29 is 19.0 Å². The quantitative estimate of drug-likeness (QED) is 0.512. The van der Waals surface area contributed by atoms with Crippen LogP contribution in [0.2, 0.25) is 0 Å². The second-order valence-electron chi connectivity index (χ2n) is 6.50. The number of hydrogen-bond donors (Lipinski definition) is 1. The Morgan fingerprint density at radius 3 is 2.52 bits per heavy atom. The average Bonchev–Trinajstić information content (AvgIpc) is 3.23. The standard InChI is InChI=1S/C23H20N2O4/c1-16(29-20-10-8-19(9-11-20)18-5-3-2-4-6-18)23(26)25-24-14-17-7-12-21-22(13-17)28-15-27-21/h2-14,16H,15H2,1H3,(H,25,26)/b24-14-/t16-/m0/s1. The van der Waals surface area contributed by atoms with Crippen LogP contribution in [0, 0.1) is 0 Å². The Labute approximate surface area is 168 Å². The van der Waals surface area contributed by atoms with Crippen molar-refractivity contribution in [1.82, 2.24) is 5.43 Å². The summed E-state index contributed by atoms with van der Waals surface area (Å²) in [7, 11) is 0. The summed E-state index contributed by atoms with van der Waals surface area (Å²) in [5.74, 6) is 1.64. The normalized spacial score (nSPS) is 13.3. The maximum Gasteiger partial charge on any atom is 0.280 e. The lowest BCUT2D eigenvalue weighted by Gasteiger charge is -2.13. The summed E-state index contributed by atoms with van der Waals surface area (Å²) in [5.41, 5.74) is 5.49. The number of rotatable bonds is 6. The number of hydrazone groups is 1. The van der Waals surface area contributed by atoms with Crippen molar-refractivity contribution in [2.24, 2.45) is 5.10 Å². The van der Waals surface area contributed by atoms with E-state index < -0.39 is 6.10 Å². The maximum atomic E-state index is 12.2. The molecule has 0 aliphatic carbocycles. The third kappa shape index (κ3) is 4.55. The van der Waals surface area contributed by atoms with Crippen molar-refractivity contribution in [3.8, 4) is 28.4 Å². The van der Waals surface area contributed by atoms with Gasteiger partial charge in [-0.15, -0.1) is 0 Å². The van der Waals surface area contributed by atoms with E-state index >= 15 is 0 Å². The van der Waals surface area contributed by atoms with Crippen LogP contribution < -0.4 is 19.6 Å². The summed E-state index contributed by atoms with van der Waals surface area (Å²) >= 11 is 0.